The first-order valence-electron chi connectivity index (χ1n) is 5.99. The molecule has 2 aliphatic rings. The quantitative estimate of drug-likeness (QED) is 0.762. The number of thioether (sulfide) groups is 1. The lowest BCUT2D eigenvalue weighted by Gasteiger charge is -2.08. The fourth-order valence-electron chi connectivity index (χ4n) is 2.39. The SMILES string of the molecule is C1=C(Sc2ccccc2)CCC2CCC1O2. The highest BCUT2D eigenvalue weighted by molar-refractivity contribution is 8.03. The van der Waals surface area contributed by atoms with Gasteiger partial charge in [-0.2, -0.15) is 0 Å². The third kappa shape index (κ3) is 2.33. The van der Waals surface area contributed by atoms with Crippen LogP contribution in [0.4, 0.5) is 0 Å². The molecular formula is C14H16OS. The maximum atomic E-state index is 5.90. The first-order valence-corrected chi connectivity index (χ1v) is 6.81. The van der Waals surface area contributed by atoms with Gasteiger partial charge in [0, 0.05) is 4.90 Å². The average molecular weight is 232 g/mol. The van der Waals surface area contributed by atoms with Crippen LogP contribution in [0.1, 0.15) is 25.7 Å². The Bertz CT molecular complexity index is 385. The van der Waals surface area contributed by atoms with Crippen LogP contribution < -0.4 is 0 Å². The van der Waals surface area contributed by atoms with Gasteiger partial charge in [-0.25, -0.2) is 0 Å². The molecule has 2 unspecified atom stereocenters. The molecule has 2 heteroatoms. The van der Waals surface area contributed by atoms with Crippen LogP contribution in [0.5, 0.6) is 0 Å². The van der Waals surface area contributed by atoms with Crippen molar-refractivity contribution >= 4 is 11.8 Å². The van der Waals surface area contributed by atoms with Gasteiger partial charge in [-0.05, 0) is 48.8 Å². The van der Waals surface area contributed by atoms with E-state index >= 15 is 0 Å². The zero-order chi connectivity index (χ0) is 10.8. The third-order valence-electron chi connectivity index (χ3n) is 3.22. The van der Waals surface area contributed by atoms with E-state index in [0.717, 1.165) is 0 Å². The number of fused-ring (bicyclic) bond motifs is 2. The van der Waals surface area contributed by atoms with Crippen LogP contribution in [0.15, 0.2) is 46.2 Å². The van der Waals surface area contributed by atoms with E-state index in [1.807, 2.05) is 11.8 Å². The molecule has 0 amide bonds. The van der Waals surface area contributed by atoms with Gasteiger partial charge in [0.1, 0.15) is 0 Å². The minimum Gasteiger partial charge on any atom is -0.371 e. The lowest BCUT2D eigenvalue weighted by atomic mass is 10.1. The van der Waals surface area contributed by atoms with Gasteiger partial charge in [0.2, 0.25) is 0 Å². The second kappa shape index (κ2) is 4.64. The summed E-state index contributed by atoms with van der Waals surface area (Å²) in [6.07, 6.45) is 8.09. The van der Waals surface area contributed by atoms with E-state index in [4.69, 9.17) is 4.74 Å². The smallest absolute Gasteiger partial charge is 0.0771 e. The molecule has 2 atom stereocenters. The van der Waals surface area contributed by atoms with E-state index in [1.165, 1.54) is 35.5 Å². The zero-order valence-corrected chi connectivity index (χ0v) is 10.1. The Morgan fingerprint density at radius 2 is 1.94 bits per heavy atom. The van der Waals surface area contributed by atoms with Crippen molar-refractivity contribution in [2.45, 2.75) is 42.8 Å². The van der Waals surface area contributed by atoms with Gasteiger partial charge in [-0.3, -0.25) is 0 Å². The zero-order valence-electron chi connectivity index (χ0n) is 9.26. The summed E-state index contributed by atoms with van der Waals surface area (Å²) in [5.41, 5.74) is 0. The molecule has 2 heterocycles. The molecule has 16 heavy (non-hydrogen) atoms. The predicted molar refractivity (Wildman–Crippen MR) is 67.5 cm³/mol. The summed E-state index contributed by atoms with van der Waals surface area (Å²) in [5.74, 6) is 0. The van der Waals surface area contributed by atoms with Crippen LogP contribution >= 0.6 is 11.8 Å². The van der Waals surface area contributed by atoms with Crippen LogP contribution in [-0.2, 0) is 4.74 Å². The summed E-state index contributed by atoms with van der Waals surface area (Å²) in [4.78, 5) is 2.82. The topological polar surface area (TPSA) is 9.23 Å². The number of hydrogen-bond donors (Lipinski definition) is 0. The minimum atomic E-state index is 0.388. The second-order valence-corrected chi connectivity index (χ2v) is 5.66. The molecule has 0 N–H and O–H groups in total. The van der Waals surface area contributed by atoms with Gasteiger partial charge in [0.05, 0.1) is 12.2 Å². The van der Waals surface area contributed by atoms with Crippen molar-refractivity contribution in [2.75, 3.05) is 0 Å². The number of hydrogen-bond acceptors (Lipinski definition) is 2. The Kier molecular flexibility index (Phi) is 3.02. The molecule has 1 fully saturated rings. The van der Waals surface area contributed by atoms with Crippen molar-refractivity contribution in [1.82, 2.24) is 0 Å². The van der Waals surface area contributed by atoms with Crippen LogP contribution in [-0.4, -0.2) is 12.2 Å². The molecule has 1 nitrogen and oxygen atoms in total. The normalized spacial score (nSPS) is 28.6. The summed E-state index contributed by atoms with van der Waals surface area (Å²) in [6, 6.07) is 10.6. The lowest BCUT2D eigenvalue weighted by molar-refractivity contribution is 0.0709. The molecule has 3 rings (SSSR count). The molecule has 1 aromatic carbocycles. The van der Waals surface area contributed by atoms with Crippen molar-refractivity contribution < 1.29 is 4.74 Å². The lowest BCUT2D eigenvalue weighted by Crippen LogP contribution is -2.05. The highest BCUT2D eigenvalue weighted by Crippen LogP contribution is 2.37. The standard InChI is InChI=1S/C14H16OS/c1-2-4-13(5-3-1)16-14-9-8-11-6-7-12(10-14)15-11/h1-5,10-12H,6-9H2. The van der Waals surface area contributed by atoms with Gasteiger partial charge < -0.3 is 4.74 Å². The maximum absolute atomic E-state index is 5.90. The summed E-state index contributed by atoms with van der Waals surface area (Å²) < 4.78 is 5.90. The average Bonchev–Trinajstić information content (AvgIpc) is 2.64. The van der Waals surface area contributed by atoms with Crippen molar-refractivity contribution in [3.63, 3.8) is 0 Å². The highest BCUT2D eigenvalue weighted by atomic mass is 32.2. The van der Waals surface area contributed by atoms with Crippen molar-refractivity contribution in [2.24, 2.45) is 0 Å². The summed E-state index contributed by atoms with van der Waals surface area (Å²) >= 11 is 1.90. The number of allylic oxidation sites excluding steroid dienone is 1. The molecule has 1 saturated heterocycles. The molecule has 0 radical (unpaired) electrons. The monoisotopic (exact) mass is 232 g/mol. The van der Waals surface area contributed by atoms with Gasteiger partial charge in [-0.15, -0.1) is 0 Å². The van der Waals surface area contributed by atoms with Gasteiger partial charge >= 0.3 is 0 Å². The van der Waals surface area contributed by atoms with Crippen molar-refractivity contribution in [1.29, 1.82) is 0 Å². The van der Waals surface area contributed by atoms with E-state index in [9.17, 15) is 0 Å². The minimum absolute atomic E-state index is 0.388. The molecule has 2 bridgehead atoms. The van der Waals surface area contributed by atoms with Crippen molar-refractivity contribution in [3.8, 4) is 0 Å². The van der Waals surface area contributed by atoms with E-state index < -0.39 is 0 Å². The second-order valence-electron chi connectivity index (χ2n) is 4.46. The van der Waals surface area contributed by atoms with Gasteiger partial charge in [0.15, 0.2) is 0 Å². The molecule has 0 spiro atoms. The Morgan fingerprint density at radius 3 is 2.81 bits per heavy atom. The van der Waals surface area contributed by atoms with Crippen LogP contribution in [0, 0.1) is 0 Å². The van der Waals surface area contributed by atoms with Crippen LogP contribution in [0.25, 0.3) is 0 Å². The van der Waals surface area contributed by atoms with E-state index in [0.29, 0.717) is 12.2 Å². The molecular weight excluding hydrogens is 216 g/mol. The number of rotatable bonds is 2. The Labute approximate surface area is 101 Å². The first-order chi connectivity index (χ1) is 7.90. The van der Waals surface area contributed by atoms with Crippen molar-refractivity contribution in [3.05, 3.63) is 41.3 Å². The Hall–Kier alpha value is -0.730. The molecule has 0 aromatic heterocycles. The summed E-state index contributed by atoms with van der Waals surface area (Å²) in [6.45, 7) is 0. The van der Waals surface area contributed by atoms with Crippen LogP contribution in [0.2, 0.25) is 0 Å². The molecule has 0 saturated carbocycles. The molecule has 84 valence electrons. The fourth-order valence-corrected chi connectivity index (χ4v) is 3.42. The highest BCUT2D eigenvalue weighted by Gasteiger charge is 2.27. The summed E-state index contributed by atoms with van der Waals surface area (Å²) in [7, 11) is 0. The Morgan fingerprint density at radius 1 is 1.06 bits per heavy atom. The molecule has 1 aromatic rings. The fraction of sp³-hybridized carbons (Fsp3) is 0.429. The van der Waals surface area contributed by atoms with Gasteiger partial charge in [0.25, 0.3) is 0 Å². The largest absolute Gasteiger partial charge is 0.371 e. The number of benzene rings is 1. The van der Waals surface area contributed by atoms with E-state index in [2.05, 4.69) is 36.4 Å². The van der Waals surface area contributed by atoms with E-state index in [1.54, 1.807) is 0 Å². The Balaban J connectivity index is 1.73. The third-order valence-corrected chi connectivity index (χ3v) is 4.33. The van der Waals surface area contributed by atoms with Crippen LogP contribution in [0.3, 0.4) is 0 Å². The van der Waals surface area contributed by atoms with Gasteiger partial charge in [-0.1, -0.05) is 30.0 Å². The number of ether oxygens (including phenoxy) is 1. The first kappa shape index (κ1) is 10.4. The summed E-state index contributed by atoms with van der Waals surface area (Å²) in [5, 5.41) is 0. The van der Waals surface area contributed by atoms with E-state index in [-0.39, 0.29) is 0 Å². The molecule has 0 aliphatic carbocycles. The maximum Gasteiger partial charge on any atom is 0.0771 e. The molecule has 2 aliphatic heterocycles. The predicted octanol–water partition coefficient (Wildman–Crippen LogP) is 4.00.